The largest absolute Gasteiger partial charge is 0.361 e. The maximum atomic E-state index is 13.3. The van der Waals surface area contributed by atoms with Crippen molar-refractivity contribution in [1.82, 2.24) is 19.6 Å². The Morgan fingerprint density at radius 3 is 2.97 bits per heavy atom. The predicted octanol–water partition coefficient (Wildman–Crippen LogP) is 3.22. The van der Waals surface area contributed by atoms with Crippen LogP contribution in [0.5, 0.6) is 0 Å². The molecule has 1 fully saturated rings. The summed E-state index contributed by atoms with van der Waals surface area (Å²) in [5.41, 5.74) is 3.09. The summed E-state index contributed by atoms with van der Waals surface area (Å²) in [5.74, 6) is 1.46. The molecule has 1 spiro atoms. The van der Waals surface area contributed by atoms with Crippen molar-refractivity contribution in [1.29, 1.82) is 0 Å². The van der Waals surface area contributed by atoms with Crippen molar-refractivity contribution in [2.75, 3.05) is 24.5 Å². The fourth-order valence-electron chi connectivity index (χ4n) is 4.84. The van der Waals surface area contributed by atoms with Crippen molar-refractivity contribution in [2.45, 2.75) is 25.8 Å². The number of hydrogen-bond acceptors (Lipinski definition) is 5. The van der Waals surface area contributed by atoms with Crippen LogP contribution in [0.15, 0.2) is 53.8 Å². The molecule has 29 heavy (non-hydrogen) atoms. The highest BCUT2D eigenvalue weighted by Gasteiger charge is 2.50. The third-order valence-electron chi connectivity index (χ3n) is 6.12. The number of hydrogen-bond donors (Lipinski definition) is 0. The molecule has 0 aliphatic carbocycles. The van der Waals surface area contributed by atoms with Crippen LogP contribution in [0.3, 0.4) is 0 Å². The van der Waals surface area contributed by atoms with E-state index in [4.69, 9.17) is 4.52 Å². The molecule has 0 bridgehead atoms. The Morgan fingerprint density at radius 1 is 1.34 bits per heavy atom. The summed E-state index contributed by atoms with van der Waals surface area (Å²) < 4.78 is 7.38. The zero-order chi connectivity index (χ0) is 20.2. The smallest absolute Gasteiger partial charge is 0.259 e. The number of rotatable bonds is 3. The Labute approximate surface area is 169 Å². The summed E-state index contributed by atoms with van der Waals surface area (Å²) in [6.45, 7) is 9.50. The Kier molecular flexibility index (Phi) is 3.87. The van der Waals surface area contributed by atoms with E-state index in [9.17, 15) is 4.79 Å². The maximum Gasteiger partial charge on any atom is 0.259 e. The number of pyridine rings is 1. The molecule has 7 nitrogen and oxygen atoms in total. The van der Waals surface area contributed by atoms with Gasteiger partial charge < -0.3 is 18.9 Å². The molecular weight excluding hydrogens is 366 g/mol. The molecule has 148 valence electrons. The number of aromatic nitrogens is 3. The lowest BCUT2D eigenvalue weighted by molar-refractivity contribution is 0.0780. The molecule has 0 N–H and O–H groups in total. The SMILES string of the molecule is C=CCN1c2cccnc2-n2cccc2[C@]12CCN(C(=O)c1c(C)noc1C)C2. The minimum Gasteiger partial charge on any atom is -0.361 e. The maximum absolute atomic E-state index is 13.3. The molecule has 1 atom stereocenters. The second kappa shape index (κ2) is 6.34. The van der Waals surface area contributed by atoms with E-state index in [0.29, 0.717) is 36.7 Å². The summed E-state index contributed by atoms with van der Waals surface area (Å²) in [6.07, 6.45) is 6.60. The number of aryl methyl sites for hydroxylation is 2. The Hall–Kier alpha value is -3.35. The molecule has 5 rings (SSSR count). The first-order chi connectivity index (χ1) is 14.1. The molecule has 5 heterocycles. The van der Waals surface area contributed by atoms with Crippen LogP contribution < -0.4 is 4.90 Å². The van der Waals surface area contributed by atoms with E-state index in [0.717, 1.165) is 23.6 Å². The Morgan fingerprint density at radius 2 is 2.21 bits per heavy atom. The third kappa shape index (κ3) is 2.40. The number of carbonyl (C=O) groups is 1. The molecule has 0 unspecified atom stereocenters. The van der Waals surface area contributed by atoms with Gasteiger partial charge in [-0.2, -0.15) is 0 Å². The lowest BCUT2D eigenvalue weighted by Gasteiger charge is -2.46. The monoisotopic (exact) mass is 389 g/mol. The van der Waals surface area contributed by atoms with Crippen molar-refractivity contribution < 1.29 is 9.32 Å². The van der Waals surface area contributed by atoms with Gasteiger partial charge in [-0.3, -0.25) is 4.79 Å². The number of fused-ring (bicyclic) bond motifs is 4. The lowest BCUT2D eigenvalue weighted by atomic mass is 9.89. The number of nitrogens with zero attached hydrogens (tertiary/aromatic N) is 5. The average molecular weight is 389 g/mol. The molecule has 2 aliphatic heterocycles. The van der Waals surface area contributed by atoms with Gasteiger partial charge in [-0.1, -0.05) is 11.2 Å². The molecular formula is C22H23N5O2. The van der Waals surface area contributed by atoms with Crippen molar-refractivity contribution >= 4 is 11.6 Å². The van der Waals surface area contributed by atoms with E-state index in [2.05, 4.69) is 38.3 Å². The van der Waals surface area contributed by atoms with Crippen molar-refractivity contribution in [3.63, 3.8) is 0 Å². The molecule has 0 saturated carbocycles. The zero-order valence-corrected chi connectivity index (χ0v) is 16.6. The predicted molar refractivity (Wildman–Crippen MR) is 109 cm³/mol. The van der Waals surface area contributed by atoms with Gasteiger partial charge in [0.25, 0.3) is 5.91 Å². The first-order valence-electron chi connectivity index (χ1n) is 9.81. The van der Waals surface area contributed by atoms with E-state index in [1.807, 2.05) is 42.4 Å². The van der Waals surface area contributed by atoms with Gasteiger partial charge >= 0.3 is 0 Å². The van der Waals surface area contributed by atoms with Gasteiger partial charge in [0.05, 0.1) is 17.1 Å². The molecule has 2 aliphatic rings. The van der Waals surface area contributed by atoms with Gasteiger partial charge in [0.15, 0.2) is 5.82 Å². The fourth-order valence-corrected chi connectivity index (χ4v) is 4.84. The summed E-state index contributed by atoms with van der Waals surface area (Å²) >= 11 is 0. The van der Waals surface area contributed by atoms with Gasteiger partial charge in [-0.05, 0) is 44.5 Å². The third-order valence-corrected chi connectivity index (χ3v) is 6.12. The highest BCUT2D eigenvalue weighted by atomic mass is 16.5. The lowest BCUT2D eigenvalue weighted by Crippen LogP contribution is -2.52. The van der Waals surface area contributed by atoms with Gasteiger partial charge in [-0.15, -0.1) is 6.58 Å². The van der Waals surface area contributed by atoms with Crippen LogP contribution in [0.1, 0.15) is 33.9 Å². The molecule has 3 aromatic heterocycles. The minimum absolute atomic E-state index is 0.0215. The minimum atomic E-state index is -0.331. The van der Waals surface area contributed by atoms with Crippen LogP contribution in [-0.4, -0.2) is 45.1 Å². The van der Waals surface area contributed by atoms with Crippen molar-refractivity contribution in [3.8, 4) is 5.82 Å². The normalized spacial score (nSPS) is 20.1. The highest BCUT2D eigenvalue weighted by molar-refractivity contribution is 5.96. The summed E-state index contributed by atoms with van der Waals surface area (Å²) in [5, 5.41) is 3.96. The van der Waals surface area contributed by atoms with Crippen LogP contribution in [0.25, 0.3) is 5.82 Å². The van der Waals surface area contributed by atoms with Gasteiger partial charge in [0.2, 0.25) is 0 Å². The Bertz CT molecular complexity index is 1090. The summed E-state index contributed by atoms with van der Waals surface area (Å²) in [7, 11) is 0. The summed E-state index contributed by atoms with van der Waals surface area (Å²) in [4.78, 5) is 22.2. The summed E-state index contributed by atoms with van der Waals surface area (Å²) in [6, 6.07) is 8.23. The van der Waals surface area contributed by atoms with E-state index in [1.54, 1.807) is 6.92 Å². The van der Waals surface area contributed by atoms with E-state index in [1.165, 1.54) is 0 Å². The molecule has 0 aromatic carbocycles. The quantitative estimate of drug-likeness (QED) is 0.644. The van der Waals surface area contributed by atoms with E-state index in [-0.39, 0.29) is 11.4 Å². The first-order valence-corrected chi connectivity index (χ1v) is 9.81. The van der Waals surface area contributed by atoms with Crippen LogP contribution >= 0.6 is 0 Å². The average Bonchev–Trinajstić information content (AvgIpc) is 3.45. The number of amides is 1. The number of likely N-dealkylation sites (tertiary alicyclic amines) is 1. The van der Waals surface area contributed by atoms with E-state index < -0.39 is 0 Å². The second-order valence-electron chi connectivity index (χ2n) is 7.72. The molecule has 7 heteroatoms. The van der Waals surface area contributed by atoms with Crippen LogP contribution in [-0.2, 0) is 5.54 Å². The second-order valence-corrected chi connectivity index (χ2v) is 7.72. The molecule has 3 aromatic rings. The van der Waals surface area contributed by atoms with Crippen LogP contribution in [0.2, 0.25) is 0 Å². The number of carbonyl (C=O) groups excluding carboxylic acids is 1. The van der Waals surface area contributed by atoms with E-state index >= 15 is 0 Å². The van der Waals surface area contributed by atoms with Crippen molar-refractivity contribution in [3.05, 3.63) is 72.0 Å². The Balaban J connectivity index is 1.60. The standard InChI is InChI=1S/C22H23N5O2/c1-4-11-27-17-7-5-10-23-20(17)26-12-6-8-18(26)22(27)9-13-25(14-22)21(28)19-15(2)24-29-16(19)3/h4-8,10,12H,1,9,11,13-14H2,2-3H3/t22-/m1/s1. The molecule has 1 saturated heterocycles. The first kappa shape index (κ1) is 17.7. The molecule has 0 radical (unpaired) electrons. The topological polar surface area (TPSA) is 67.4 Å². The number of anilines is 1. The van der Waals surface area contributed by atoms with Gasteiger partial charge in [-0.25, -0.2) is 4.98 Å². The zero-order valence-electron chi connectivity index (χ0n) is 16.6. The van der Waals surface area contributed by atoms with Crippen molar-refractivity contribution in [2.24, 2.45) is 0 Å². The molecule has 1 amide bonds. The van der Waals surface area contributed by atoms with Gasteiger partial charge in [0.1, 0.15) is 16.9 Å². The van der Waals surface area contributed by atoms with Crippen LogP contribution in [0.4, 0.5) is 5.69 Å². The van der Waals surface area contributed by atoms with Gasteiger partial charge in [0, 0.05) is 32.0 Å². The van der Waals surface area contributed by atoms with Crippen LogP contribution in [0, 0.1) is 13.8 Å². The highest BCUT2D eigenvalue weighted by Crippen LogP contribution is 2.47. The fraction of sp³-hybridized carbons (Fsp3) is 0.318.